The number of thiazole rings is 1. The number of hydrogen-bond acceptors (Lipinski definition) is 4. The van der Waals surface area contributed by atoms with Crippen LogP contribution in [0.3, 0.4) is 0 Å². The van der Waals surface area contributed by atoms with Gasteiger partial charge in [-0.15, -0.1) is 11.3 Å². The number of hydrogen-bond donors (Lipinski definition) is 2. The average molecular weight is 324 g/mol. The summed E-state index contributed by atoms with van der Waals surface area (Å²) in [5.74, 6) is 0.894. The largest absolute Gasteiger partial charge is 0.356 e. The van der Waals surface area contributed by atoms with Crippen LogP contribution in [0.15, 0.2) is 11.2 Å². The van der Waals surface area contributed by atoms with Crippen molar-refractivity contribution >= 4 is 17.3 Å². The lowest BCUT2D eigenvalue weighted by Crippen LogP contribution is -2.46. The number of guanidine groups is 1. The molecule has 1 fully saturated rings. The molecule has 1 unspecified atom stereocenters. The lowest BCUT2D eigenvalue weighted by molar-refractivity contribution is 0.236. The van der Waals surface area contributed by atoms with Crippen LogP contribution >= 0.6 is 11.3 Å². The summed E-state index contributed by atoms with van der Waals surface area (Å²) in [5, 5.41) is 8.04. The molecule has 1 aromatic heterocycles. The van der Waals surface area contributed by atoms with Crippen molar-refractivity contribution in [1.29, 1.82) is 0 Å². The molecule has 1 aliphatic rings. The van der Waals surface area contributed by atoms with E-state index in [1.54, 1.807) is 11.3 Å². The van der Waals surface area contributed by atoms with E-state index in [-0.39, 0.29) is 0 Å². The van der Waals surface area contributed by atoms with Crippen molar-refractivity contribution in [2.45, 2.75) is 45.6 Å². The molecule has 2 N–H and O–H groups in total. The zero-order chi connectivity index (χ0) is 15.8. The summed E-state index contributed by atoms with van der Waals surface area (Å²) in [5.41, 5.74) is 0. The number of likely N-dealkylation sites (tertiary alicyclic amines) is 1. The van der Waals surface area contributed by atoms with Crippen LogP contribution in [0.4, 0.5) is 0 Å². The van der Waals surface area contributed by atoms with E-state index in [1.165, 1.54) is 42.2 Å². The van der Waals surface area contributed by atoms with Gasteiger partial charge in [0.05, 0.1) is 5.01 Å². The van der Waals surface area contributed by atoms with Crippen molar-refractivity contribution in [2.75, 3.05) is 33.2 Å². The summed E-state index contributed by atoms with van der Waals surface area (Å²) in [4.78, 5) is 12.6. The fourth-order valence-electron chi connectivity index (χ4n) is 2.88. The van der Waals surface area contributed by atoms with Crippen LogP contribution in [0.2, 0.25) is 0 Å². The molecule has 124 valence electrons. The van der Waals surface area contributed by atoms with E-state index >= 15 is 0 Å². The Kier molecular flexibility index (Phi) is 7.12. The molecule has 5 nitrogen and oxygen atoms in total. The molecule has 1 aliphatic heterocycles. The molecule has 2 heterocycles. The molecule has 1 saturated heterocycles. The summed E-state index contributed by atoms with van der Waals surface area (Å²) in [6.45, 7) is 8.69. The summed E-state index contributed by atoms with van der Waals surface area (Å²) in [7, 11) is 1.83. The van der Waals surface area contributed by atoms with Gasteiger partial charge in [0.2, 0.25) is 0 Å². The second-order valence-electron chi connectivity index (χ2n) is 5.80. The molecule has 0 aliphatic carbocycles. The Hall–Kier alpha value is -1.14. The number of aromatic nitrogens is 1. The molecule has 1 aromatic rings. The Bertz CT molecular complexity index is 465. The molecular formula is C16H29N5S. The number of aliphatic imine (C=N–C) groups is 1. The standard InChI is InChI=1S/C16H29N5S/c1-4-14(21-9-5-6-10-21)12-20-16(17-3)18-8-7-15-19-11-13(2)22-15/h11,14H,4-10,12H2,1-3H3,(H2,17,18,20). The molecule has 0 bridgehead atoms. The van der Waals surface area contributed by atoms with Gasteiger partial charge < -0.3 is 10.6 Å². The molecule has 0 aromatic carbocycles. The van der Waals surface area contributed by atoms with E-state index in [0.29, 0.717) is 6.04 Å². The molecule has 6 heteroatoms. The summed E-state index contributed by atoms with van der Waals surface area (Å²) < 4.78 is 0. The molecule has 22 heavy (non-hydrogen) atoms. The molecule has 0 spiro atoms. The van der Waals surface area contributed by atoms with E-state index in [9.17, 15) is 0 Å². The van der Waals surface area contributed by atoms with Gasteiger partial charge in [0, 0.05) is 43.7 Å². The number of rotatable bonds is 7. The van der Waals surface area contributed by atoms with Crippen LogP contribution in [0.5, 0.6) is 0 Å². The van der Waals surface area contributed by atoms with Crippen LogP contribution < -0.4 is 10.6 Å². The third-order valence-corrected chi connectivity index (χ3v) is 5.13. The fraction of sp³-hybridized carbons (Fsp3) is 0.750. The highest BCUT2D eigenvalue weighted by Gasteiger charge is 2.20. The van der Waals surface area contributed by atoms with Gasteiger partial charge >= 0.3 is 0 Å². The van der Waals surface area contributed by atoms with Crippen molar-refractivity contribution in [1.82, 2.24) is 20.5 Å². The third kappa shape index (κ3) is 5.25. The van der Waals surface area contributed by atoms with Crippen molar-refractivity contribution < 1.29 is 0 Å². The van der Waals surface area contributed by atoms with Crippen LogP contribution in [0, 0.1) is 6.92 Å². The van der Waals surface area contributed by atoms with Gasteiger partial charge in [-0.3, -0.25) is 9.89 Å². The van der Waals surface area contributed by atoms with Gasteiger partial charge in [-0.2, -0.15) is 0 Å². The summed E-state index contributed by atoms with van der Waals surface area (Å²) >= 11 is 1.77. The Labute approximate surface area is 138 Å². The lowest BCUT2D eigenvalue weighted by Gasteiger charge is -2.27. The number of aryl methyl sites for hydroxylation is 1. The van der Waals surface area contributed by atoms with Crippen molar-refractivity contribution in [2.24, 2.45) is 4.99 Å². The first-order valence-electron chi connectivity index (χ1n) is 8.32. The minimum Gasteiger partial charge on any atom is -0.356 e. The van der Waals surface area contributed by atoms with Crippen LogP contribution in [0.1, 0.15) is 36.1 Å². The topological polar surface area (TPSA) is 52.6 Å². The Morgan fingerprint density at radius 3 is 2.77 bits per heavy atom. The molecule has 1 atom stereocenters. The number of nitrogens with one attached hydrogen (secondary N) is 2. The van der Waals surface area contributed by atoms with Gasteiger partial charge in [-0.25, -0.2) is 4.98 Å². The minimum atomic E-state index is 0.614. The lowest BCUT2D eigenvalue weighted by atomic mass is 10.2. The van der Waals surface area contributed by atoms with E-state index < -0.39 is 0 Å². The monoisotopic (exact) mass is 323 g/mol. The number of nitrogens with zero attached hydrogens (tertiary/aromatic N) is 3. The highest BCUT2D eigenvalue weighted by molar-refractivity contribution is 7.11. The van der Waals surface area contributed by atoms with E-state index in [4.69, 9.17) is 0 Å². The molecule has 2 rings (SSSR count). The molecule has 0 amide bonds. The smallest absolute Gasteiger partial charge is 0.191 e. The first-order valence-corrected chi connectivity index (χ1v) is 9.14. The molecule has 0 saturated carbocycles. The van der Waals surface area contributed by atoms with E-state index in [2.05, 4.69) is 39.4 Å². The van der Waals surface area contributed by atoms with E-state index in [1.807, 2.05) is 13.2 Å². The zero-order valence-corrected chi connectivity index (χ0v) is 14.9. The van der Waals surface area contributed by atoms with Gasteiger partial charge in [0.1, 0.15) is 0 Å². The first kappa shape index (κ1) is 17.2. The maximum atomic E-state index is 4.39. The van der Waals surface area contributed by atoms with Gasteiger partial charge in [0.25, 0.3) is 0 Å². The van der Waals surface area contributed by atoms with Crippen LogP contribution in [0.25, 0.3) is 0 Å². The molecule has 0 radical (unpaired) electrons. The first-order chi connectivity index (χ1) is 10.7. The SMILES string of the molecule is CCC(CNC(=NC)NCCc1ncc(C)s1)N1CCCC1. The van der Waals surface area contributed by atoms with E-state index in [0.717, 1.165) is 25.5 Å². The summed E-state index contributed by atoms with van der Waals surface area (Å²) in [6.07, 6.45) is 6.76. The average Bonchev–Trinajstić information content (AvgIpc) is 3.18. The minimum absolute atomic E-state index is 0.614. The quantitative estimate of drug-likeness (QED) is 0.595. The maximum Gasteiger partial charge on any atom is 0.191 e. The Morgan fingerprint density at radius 1 is 1.41 bits per heavy atom. The van der Waals surface area contributed by atoms with Gasteiger partial charge in [0.15, 0.2) is 5.96 Å². The predicted molar refractivity (Wildman–Crippen MR) is 94.8 cm³/mol. The van der Waals surface area contributed by atoms with Crippen molar-refractivity contribution in [3.63, 3.8) is 0 Å². The van der Waals surface area contributed by atoms with Crippen molar-refractivity contribution in [3.05, 3.63) is 16.1 Å². The molecular weight excluding hydrogens is 294 g/mol. The second-order valence-corrected chi connectivity index (χ2v) is 7.12. The highest BCUT2D eigenvalue weighted by Crippen LogP contribution is 2.13. The summed E-state index contributed by atoms with van der Waals surface area (Å²) in [6, 6.07) is 0.614. The van der Waals surface area contributed by atoms with Gasteiger partial charge in [-0.1, -0.05) is 6.92 Å². The highest BCUT2D eigenvalue weighted by atomic mass is 32.1. The van der Waals surface area contributed by atoms with Gasteiger partial charge in [-0.05, 0) is 39.3 Å². The van der Waals surface area contributed by atoms with Crippen LogP contribution in [-0.4, -0.2) is 55.1 Å². The van der Waals surface area contributed by atoms with Crippen LogP contribution in [-0.2, 0) is 6.42 Å². The predicted octanol–water partition coefficient (Wildman–Crippen LogP) is 2.03. The second kappa shape index (κ2) is 9.10. The normalized spacial score (nSPS) is 17.7. The maximum absolute atomic E-state index is 4.39. The fourth-order valence-corrected chi connectivity index (χ4v) is 3.66. The zero-order valence-electron chi connectivity index (χ0n) is 14.1. The Morgan fingerprint density at radius 2 is 2.18 bits per heavy atom. The van der Waals surface area contributed by atoms with Crippen molar-refractivity contribution in [3.8, 4) is 0 Å². The Balaban J connectivity index is 1.69. The third-order valence-electron chi connectivity index (χ3n) is 4.16.